The van der Waals surface area contributed by atoms with Crippen LogP contribution in [0.15, 0.2) is 9.98 Å². The molecule has 3 heterocycles. The molecule has 1 fully saturated rings. The fraction of sp³-hybridized carbons (Fsp3) is 0.750. The number of rotatable bonds is 2. The standard InChI is InChI=1S/C12H21N7O4/c1-5-3-11(2,21)12-7(17-9(14)19(12)22)6(4-23-10(15)20)16-8(13)18(5)12/h5-7,21-22H,3-4H2,1-2H3,(H2,13,16)(H2,14,17)(H2,15,20). The maximum atomic E-state index is 11.0. The first kappa shape index (κ1) is 15.6. The van der Waals surface area contributed by atoms with Crippen molar-refractivity contribution in [1.29, 1.82) is 0 Å². The second-order valence-electron chi connectivity index (χ2n) is 6.35. The minimum absolute atomic E-state index is 0.105. The van der Waals surface area contributed by atoms with E-state index in [1.807, 2.05) is 6.92 Å². The fourth-order valence-electron chi connectivity index (χ4n) is 4.14. The molecule has 11 nitrogen and oxygen atoms in total. The summed E-state index contributed by atoms with van der Waals surface area (Å²) >= 11 is 0. The van der Waals surface area contributed by atoms with E-state index in [0.29, 0.717) is 6.42 Å². The van der Waals surface area contributed by atoms with Gasteiger partial charge in [-0.15, -0.1) is 0 Å². The Kier molecular flexibility index (Phi) is 3.13. The van der Waals surface area contributed by atoms with Crippen LogP contribution in [0.3, 0.4) is 0 Å². The molecule has 1 amide bonds. The molecule has 0 saturated carbocycles. The number of carbonyl (C=O) groups excluding carboxylic acids is 1. The van der Waals surface area contributed by atoms with Gasteiger partial charge in [-0.1, -0.05) is 0 Å². The fourth-order valence-corrected chi connectivity index (χ4v) is 4.14. The van der Waals surface area contributed by atoms with Gasteiger partial charge in [-0.25, -0.2) is 14.8 Å². The molecule has 0 aromatic rings. The van der Waals surface area contributed by atoms with E-state index in [2.05, 4.69) is 9.98 Å². The van der Waals surface area contributed by atoms with Crippen LogP contribution in [0.5, 0.6) is 0 Å². The third-order valence-corrected chi connectivity index (χ3v) is 4.82. The smallest absolute Gasteiger partial charge is 0.404 e. The molecule has 5 unspecified atom stereocenters. The Labute approximate surface area is 132 Å². The molecule has 1 spiro atoms. The van der Waals surface area contributed by atoms with Crippen molar-refractivity contribution >= 4 is 18.0 Å². The summed E-state index contributed by atoms with van der Waals surface area (Å²) in [5.74, 6) is -0.0584. The van der Waals surface area contributed by atoms with Crippen LogP contribution in [0.2, 0.25) is 0 Å². The Morgan fingerprint density at radius 3 is 2.70 bits per heavy atom. The maximum absolute atomic E-state index is 11.0. The summed E-state index contributed by atoms with van der Waals surface area (Å²) < 4.78 is 4.81. The van der Waals surface area contributed by atoms with Crippen LogP contribution in [0.25, 0.3) is 0 Å². The summed E-state index contributed by atoms with van der Waals surface area (Å²) in [5, 5.41) is 22.3. The Morgan fingerprint density at radius 2 is 2.09 bits per heavy atom. The summed E-state index contributed by atoms with van der Waals surface area (Å²) in [7, 11) is 0. The highest BCUT2D eigenvalue weighted by molar-refractivity contribution is 5.87. The van der Waals surface area contributed by atoms with E-state index in [0.717, 1.165) is 5.06 Å². The van der Waals surface area contributed by atoms with Gasteiger partial charge in [0.1, 0.15) is 24.3 Å². The topological polar surface area (TPSA) is 176 Å². The molecule has 0 aromatic heterocycles. The number of hydrogen-bond donors (Lipinski definition) is 5. The number of hydroxylamine groups is 2. The van der Waals surface area contributed by atoms with Crippen LogP contribution in [0.4, 0.5) is 4.79 Å². The van der Waals surface area contributed by atoms with Crippen molar-refractivity contribution in [3.63, 3.8) is 0 Å². The lowest BCUT2D eigenvalue weighted by Gasteiger charge is -2.52. The number of ether oxygens (including phenoxy) is 1. The zero-order valence-electron chi connectivity index (χ0n) is 12.9. The average Bonchev–Trinajstić information content (AvgIpc) is 2.81. The van der Waals surface area contributed by atoms with Crippen molar-refractivity contribution in [2.45, 2.75) is 49.7 Å². The van der Waals surface area contributed by atoms with E-state index in [1.165, 1.54) is 0 Å². The van der Waals surface area contributed by atoms with Crippen molar-refractivity contribution in [2.24, 2.45) is 27.2 Å². The van der Waals surface area contributed by atoms with Gasteiger partial charge in [0.15, 0.2) is 11.6 Å². The Hall–Kier alpha value is -2.27. The van der Waals surface area contributed by atoms with Crippen LogP contribution < -0.4 is 17.2 Å². The molecule has 1 saturated heterocycles. The van der Waals surface area contributed by atoms with Gasteiger partial charge in [0.05, 0.1) is 0 Å². The average molecular weight is 327 g/mol. The number of primary amides is 1. The van der Waals surface area contributed by atoms with Gasteiger partial charge in [0, 0.05) is 12.5 Å². The molecule has 0 bridgehead atoms. The lowest BCUT2D eigenvalue weighted by Crippen LogP contribution is -2.76. The van der Waals surface area contributed by atoms with Crippen molar-refractivity contribution in [2.75, 3.05) is 6.61 Å². The van der Waals surface area contributed by atoms with E-state index in [4.69, 9.17) is 21.9 Å². The number of guanidine groups is 2. The molecule has 0 aliphatic carbocycles. The lowest BCUT2D eigenvalue weighted by molar-refractivity contribution is -0.218. The highest BCUT2D eigenvalue weighted by Crippen LogP contribution is 2.51. The number of aliphatic hydroxyl groups is 1. The molecular weight excluding hydrogens is 306 g/mol. The predicted octanol–water partition coefficient (Wildman–Crippen LogP) is -2.29. The first-order chi connectivity index (χ1) is 10.6. The van der Waals surface area contributed by atoms with Gasteiger partial charge >= 0.3 is 6.09 Å². The third kappa shape index (κ3) is 1.80. The highest BCUT2D eigenvalue weighted by Gasteiger charge is 2.73. The van der Waals surface area contributed by atoms with Crippen LogP contribution in [-0.2, 0) is 4.74 Å². The molecule has 5 atom stereocenters. The van der Waals surface area contributed by atoms with E-state index >= 15 is 0 Å². The second kappa shape index (κ2) is 4.61. The number of aliphatic imine (C=N–C) groups is 2. The molecule has 11 heteroatoms. The lowest BCUT2D eigenvalue weighted by atomic mass is 9.80. The molecular formula is C12H21N7O4. The van der Waals surface area contributed by atoms with Crippen molar-refractivity contribution in [1.82, 2.24) is 9.96 Å². The predicted molar refractivity (Wildman–Crippen MR) is 79.3 cm³/mol. The van der Waals surface area contributed by atoms with Crippen LogP contribution in [-0.4, -0.2) is 74.3 Å². The van der Waals surface area contributed by atoms with Gasteiger partial charge in [0.2, 0.25) is 5.96 Å². The van der Waals surface area contributed by atoms with Crippen molar-refractivity contribution in [3.05, 3.63) is 0 Å². The first-order valence-electron chi connectivity index (χ1n) is 7.22. The van der Waals surface area contributed by atoms with Crippen LogP contribution in [0, 0.1) is 0 Å². The molecule has 0 radical (unpaired) electrons. The first-order valence-corrected chi connectivity index (χ1v) is 7.22. The third-order valence-electron chi connectivity index (χ3n) is 4.82. The molecule has 23 heavy (non-hydrogen) atoms. The molecule has 3 rings (SSSR count). The molecule has 8 N–H and O–H groups in total. The summed E-state index contributed by atoms with van der Waals surface area (Å²) in [6, 6.07) is -1.71. The molecule has 3 aliphatic heterocycles. The zero-order valence-corrected chi connectivity index (χ0v) is 12.9. The van der Waals surface area contributed by atoms with Gasteiger partial charge < -0.3 is 31.9 Å². The van der Waals surface area contributed by atoms with Crippen molar-refractivity contribution in [3.8, 4) is 0 Å². The van der Waals surface area contributed by atoms with E-state index in [9.17, 15) is 15.1 Å². The monoisotopic (exact) mass is 327 g/mol. The maximum Gasteiger partial charge on any atom is 0.404 e. The summed E-state index contributed by atoms with van der Waals surface area (Å²) in [5.41, 5.74) is 14.0. The zero-order chi connectivity index (χ0) is 17.2. The van der Waals surface area contributed by atoms with Gasteiger partial charge in [0.25, 0.3) is 0 Å². The molecule has 3 aliphatic rings. The van der Waals surface area contributed by atoms with E-state index in [1.54, 1.807) is 11.8 Å². The summed E-state index contributed by atoms with van der Waals surface area (Å²) in [6.45, 7) is 3.25. The Balaban J connectivity index is 2.11. The Morgan fingerprint density at radius 1 is 1.43 bits per heavy atom. The minimum atomic E-state index is -1.41. The number of amides is 1. The summed E-state index contributed by atoms with van der Waals surface area (Å²) in [4.78, 5) is 21.0. The number of hydrogen-bond acceptors (Lipinski definition) is 10. The van der Waals surface area contributed by atoms with Gasteiger partial charge in [-0.3, -0.25) is 5.21 Å². The number of nitrogens with two attached hydrogens (primary N) is 3. The normalized spacial score (nSPS) is 42.0. The quantitative estimate of drug-likeness (QED) is 0.376. The minimum Gasteiger partial charge on any atom is -0.447 e. The van der Waals surface area contributed by atoms with E-state index in [-0.39, 0.29) is 24.6 Å². The highest BCUT2D eigenvalue weighted by atomic mass is 16.5. The number of carbonyl (C=O) groups is 1. The number of nitrogens with zero attached hydrogens (tertiary/aromatic N) is 4. The largest absolute Gasteiger partial charge is 0.447 e. The van der Waals surface area contributed by atoms with Gasteiger partial charge in [-0.2, -0.15) is 5.06 Å². The van der Waals surface area contributed by atoms with E-state index < -0.39 is 29.4 Å². The molecule has 0 aromatic carbocycles. The second-order valence-corrected chi connectivity index (χ2v) is 6.35. The molecule has 128 valence electrons. The van der Waals surface area contributed by atoms with Crippen LogP contribution in [0.1, 0.15) is 20.3 Å². The van der Waals surface area contributed by atoms with Crippen molar-refractivity contribution < 1.29 is 19.8 Å². The summed E-state index contributed by atoms with van der Waals surface area (Å²) in [6.07, 6.45) is -0.638. The van der Waals surface area contributed by atoms with Crippen LogP contribution >= 0.6 is 0 Å². The SMILES string of the molecule is CC1CC(C)(O)C23C(N=C(N)N2O)C(COC(N)=O)N=C(N)N13. The Bertz CT molecular complexity index is 606. The van der Waals surface area contributed by atoms with Gasteiger partial charge in [-0.05, 0) is 13.8 Å².